The van der Waals surface area contributed by atoms with Gasteiger partial charge in [-0.25, -0.2) is 0 Å². The average molecular weight is 215 g/mol. The molecule has 7 heteroatoms. The van der Waals surface area contributed by atoms with E-state index in [0.29, 0.717) is 0 Å². The van der Waals surface area contributed by atoms with Crippen LogP contribution in [0, 0.1) is 0 Å². The van der Waals surface area contributed by atoms with E-state index in [-0.39, 0.29) is 5.54 Å². The fourth-order valence-corrected chi connectivity index (χ4v) is 0.627. The van der Waals surface area contributed by atoms with Gasteiger partial charge in [-0.1, -0.05) is 0 Å². The van der Waals surface area contributed by atoms with Gasteiger partial charge in [0.25, 0.3) is 0 Å². The van der Waals surface area contributed by atoms with Gasteiger partial charge < -0.3 is 5.11 Å². The number of hydrogen-bond donors (Lipinski definition) is 4. The Morgan fingerprint density at radius 2 is 1.46 bits per heavy atom. The highest BCUT2D eigenvalue weighted by Gasteiger charge is 2.09. The third kappa shape index (κ3) is 49.3. The topological polar surface area (TPSA) is 107 Å². The van der Waals surface area contributed by atoms with Crippen LogP contribution in [0.5, 0.6) is 0 Å². The van der Waals surface area contributed by atoms with Crippen molar-refractivity contribution in [2.24, 2.45) is 0 Å². The van der Waals surface area contributed by atoms with Crippen LogP contribution in [0.25, 0.3) is 0 Å². The minimum Gasteiger partial charge on any atom is -0.379 e. The van der Waals surface area contributed by atoms with E-state index >= 15 is 0 Å². The number of aliphatic hydroxyl groups is 1. The molecule has 0 aromatic carbocycles. The molecule has 0 aromatic heterocycles. The highest BCUT2D eigenvalue weighted by Crippen LogP contribution is 1.98. The van der Waals surface area contributed by atoms with Crippen LogP contribution in [0.4, 0.5) is 0 Å². The molecule has 0 heterocycles. The first-order valence-corrected chi connectivity index (χ1v) is 4.97. The minimum atomic E-state index is -4.67. The smallest absolute Gasteiger partial charge is 0.379 e. The standard InChI is InChI=1S/C6H15NO.H2O4S/c1-5(8)7-6(2,3)4;1-5(2,3)4/h5,7-8H,1-4H3;(H2,1,2,3,4). The van der Waals surface area contributed by atoms with Crippen LogP contribution in [0.2, 0.25) is 0 Å². The first-order chi connectivity index (χ1) is 5.42. The van der Waals surface area contributed by atoms with Crippen molar-refractivity contribution in [3.63, 3.8) is 0 Å². The molecule has 0 spiro atoms. The molecular weight excluding hydrogens is 198 g/mol. The summed E-state index contributed by atoms with van der Waals surface area (Å²) in [6.07, 6.45) is -0.407. The summed E-state index contributed by atoms with van der Waals surface area (Å²) in [5.74, 6) is 0. The van der Waals surface area contributed by atoms with Crippen molar-refractivity contribution < 1.29 is 22.6 Å². The lowest BCUT2D eigenvalue weighted by Gasteiger charge is -2.22. The van der Waals surface area contributed by atoms with Gasteiger partial charge in [0.2, 0.25) is 0 Å². The van der Waals surface area contributed by atoms with Gasteiger partial charge in [-0.15, -0.1) is 0 Å². The SMILES string of the molecule is CC(O)NC(C)(C)C.O=S(=O)(O)O. The Morgan fingerprint density at radius 3 is 1.46 bits per heavy atom. The summed E-state index contributed by atoms with van der Waals surface area (Å²) >= 11 is 0. The zero-order valence-electron chi connectivity index (χ0n) is 8.14. The Labute approximate surface area is 78.5 Å². The van der Waals surface area contributed by atoms with Gasteiger partial charge in [0.05, 0.1) is 0 Å². The van der Waals surface area contributed by atoms with Gasteiger partial charge in [-0.2, -0.15) is 8.42 Å². The summed E-state index contributed by atoms with van der Waals surface area (Å²) in [7, 11) is -4.67. The minimum absolute atomic E-state index is 0.0220. The Kier molecular flexibility index (Phi) is 6.47. The predicted molar refractivity (Wildman–Crippen MR) is 48.7 cm³/mol. The monoisotopic (exact) mass is 215 g/mol. The molecule has 0 aliphatic heterocycles. The van der Waals surface area contributed by atoms with E-state index in [0.717, 1.165) is 0 Å². The molecule has 0 aliphatic carbocycles. The number of nitrogens with one attached hydrogen (secondary N) is 1. The van der Waals surface area contributed by atoms with E-state index in [4.69, 9.17) is 22.6 Å². The van der Waals surface area contributed by atoms with Crippen molar-refractivity contribution >= 4 is 10.4 Å². The molecule has 1 atom stereocenters. The van der Waals surface area contributed by atoms with Crippen molar-refractivity contribution in [3.05, 3.63) is 0 Å². The molecule has 0 rings (SSSR count). The predicted octanol–water partition coefficient (Wildman–Crippen LogP) is 0.0600. The van der Waals surface area contributed by atoms with Gasteiger partial charge >= 0.3 is 10.4 Å². The maximum atomic E-state index is 8.78. The second-order valence-corrected chi connectivity index (χ2v) is 4.41. The summed E-state index contributed by atoms with van der Waals surface area (Å²) in [5, 5.41) is 11.7. The van der Waals surface area contributed by atoms with Crippen molar-refractivity contribution in [3.8, 4) is 0 Å². The van der Waals surface area contributed by atoms with Crippen molar-refractivity contribution in [1.29, 1.82) is 0 Å². The Balaban J connectivity index is 0. The lowest BCUT2D eigenvalue weighted by molar-refractivity contribution is 0.123. The van der Waals surface area contributed by atoms with Gasteiger partial charge in [-0.3, -0.25) is 14.4 Å². The van der Waals surface area contributed by atoms with Crippen LogP contribution in [0.15, 0.2) is 0 Å². The maximum Gasteiger partial charge on any atom is 0.394 e. The van der Waals surface area contributed by atoms with Crippen molar-refractivity contribution in [1.82, 2.24) is 5.32 Å². The van der Waals surface area contributed by atoms with E-state index in [1.807, 2.05) is 20.8 Å². The van der Waals surface area contributed by atoms with Crippen LogP contribution in [-0.2, 0) is 10.4 Å². The van der Waals surface area contributed by atoms with Crippen LogP contribution in [-0.4, -0.2) is 34.4 Å². The molecule has 0 aliphatic rings. The first kappa shape index (κ1) is 15.3. The molecule has 0 radical (unpaired) electrons. The number of hydrogen-bond acceptors (Lipinski definition) is 4. The highest BCUT2D eigenvalue weighted by molar-refractivity contribution is 7.79. The van der Waals surface area contributed by atoms with Gasteiger partial charge in [-0.05, 0) is 27.7 Å². The van der Waals surface area contributed by atoms with Crippen molar-refractivity contribution in [2.75, 3.05) is 0 Å². The summed E-state index contributed by atoms with van der Waals surface area (Å²) in [6, 6.07) is 0. The molecule has 0 fully saturated rings. The number of rotatable bonds is 1. The lowest BCUT2D eigenvalue weighted by atomic mass is 10.1. The van der Waals surface area contributed by atoms with Gasteiger partial charge in [0.1, 0.15) is 6.23 Å². The van der Waals surface area contributed by atoms with E-state index in [2.05, 4.69) is 5.32 Å². The van der Waals surface area contributed by atoms with Crippen LogP contribution >= 0.6 is 0 Å². The van der Waals surface area contributed by atoms with Crippen LogP contribution in [0.1, 0.15) is 27.7 Å². The fraction of sp³-hybridized carbons (Fsp3) is 1.00. The second-order valence-electron chi connectivity index (χ2n) is 3.52. The maximum absolute atomic E-state index is 8.78. The van der Waals surface area contributed by atoms with Crippen molar-refractivity contribution in [2.45, 2.75) is 39.5 Å². The molecule has 0 aromatic rings. The largest absolute Gasteiger partial charge is 0.394 e. The molecule has 6 nitrogen and oxygen atoms in total. The molecule has 0 bridgehead atoms. The normalized spacial score (nSPS) is 14.4. The molecule has 4 N–H and O–H groups in total. The number of aliphatic hydroxyl groups excluding tert-OH is 1. The molecule has 0 saturated carbocycles. The molecule has 1 unspecified atom stereocenters. The van der Waals surface area contributed by atoms with Gasteiger partial charge in [0.15, 0.2) is 0 Å². The first-order valence-electron chi connectivity index (χ1n) is 3.57. The lowest BCUT2D eigenvalue weighted by Crippen LogP contribution is -2.41. The molecule has 0 saturated heterocycles. The van der Waals surface area contributed by atoms with Crippen LogP contribution < -0.4 is 5.32 Å². The summed E-state index contributed by atoms with van der Waals surface area (Å²) < 4.78 is 31.6. The Bertz CT molecular complexity index is 208. The summed E-state index contributed by atoms with van der Waals surface area (Å²) in [4.78, 5) is 0. The quantitative estimate of drug-likeness (QED) is 0.364. The zero-order valence-corrected chi connectivity index (χ0v) is 8.96. The highest BCUT2D eigenvalue weighted by atomic mass is 32.3. The fourth-order valence-electron chi connectivity index (χ4n) is 0.627. The summed E-state index contributed by atoms with van der Waals surface area (Å²) in [5.41, 5.74) is 0.0220. The Morgan fingerprint density at radius 1 is 1.23 bits per heavy atom. The third-order valence-electron chi connectivity index (χ3n) is 0.642. The zero-order chi connectivity index (χ0) is 11.3. The molecule has 82 valence electrons. The van der Waals surface area contributed by atoms with Crippen LogP contribution in [0.3, 0.4) is 0 Å². The van der Waals surface area contributed by atoms with E-state index in [9.17, 15) is 0 Å². The average Bonchev–Trinajstić information content (AvgIpc) is 1.47. The molecule has 13 heavy (non-hydrogen) atoms. The Hall–Kier alpha value is -0.210. The van der Waals surface area contributed by atoms with E-state index < -0.39 is 16.6 Å². The molecule has 0 amide bonds. The molecular formula is C6H17NO5S. The van der Waals surface area contributed by atoms with E-state index in [1.165, 1.54) is 0 Å². The van der Waals surface area contributed by atoms with Gasteiger partial charge in [0, 0.05) is 5.54 Å². The summed E-state index contributed by atoms with van der Waals surface area (Å²) in [6.45, 7) is 7.75. The van der Waals surface area contributed by atoms with E-state index in [1.54, 1.807) is 6.92 Å². The second kappa shape index (κ2) is 5.51. The third-order valence-corrected chi connectivity index (χ3v) is 0.642.